The van der Waals surface area contributed by atoms with Crippen molar-refractivity contribution in [2.75, 3.05) is 13.2 Å². The predicted molar refractivity (Wildman–Crippen MR) is 98.6 cm³/mol. The molecule has 2 N–H and O–H groups in total. The lowest BCUT2D eigenvalue weighted by molar-refractivity contribution is -0.149. The van der Waals surface area contributed by atoms with Crippen LogP contribution in [0.25, 0.3) is 0 Å². The molecule has 1 aliphatic rings. The zero-order valence-electron chi connectivity index (χ0n) is 14.8. The number of benzene rings is 1. The Morgan fingerprint density at radius 3 is 2.50 bits per heavy atom. The fourth-order valence-electron chi connectivity index (χ4n) is 3.18. The zero-order chi connectivity index (χ0) is 17.6. The Hall–Kier alpha value is -1.04. The van der Waals surface area contributed by atoms with E-state index in [9.17, 15) is 9.90 Å². The van der Waals surface area contributed by atoms with E-state index in [1.165, 1.54) is 4.90 Å². The van der Waals surface area contributed by atoms with Crippen LogP contribution in [0.3, 0.4) is 0 Å². The quantitative estimate of drug-likeness (QED) is 0.671. The molecule has 1 unspecified atom stereocenters. The van der Waals surface area contributed by atoms with Gasteiger partial charge in [-0.25, -0.2) is 0 Å². The summed E-state index contributed by atoms with van der Waals surface area (Å²) in [6.07, 6.45) is 2.47. The van der Waals surface area contributed by atoms with Gasteiger partial charge in [-0.1, -0.05) is 32.0 Å². The van der Waals surface area contributed by atoms with E-state index in [1.54, 1.807) is 0 Å². The lowest BCUT2D eigenvalue weighted by atomic mass is 9.80. The molecule has 0 aliphatic heterocycles. The van der Waals surface area contributed by atoms with Crippen molar-refractivity contribution in [3.8, 4) is 0 Å². The van der Waals surface area contributed by atoms with E-state index >= 15 is 0 Å². The van der Waals surface area contributed by atoms with Crippen molar-refractivity contribution < 1.29 is 14.6 Å². The summed E-state index contributed by atoms with van der Waals surface area (Å²) in [5, 5.41) is 13.4. The Balaban J connectivity index is 1.99. The van der Waals surface area contributed by atoms with E-state index in [0.717, 1.165) is 6.42 Å². The first kappa shape index (κ1) is 19.3. The van der Waals surface area contributed by atoms with E-state index in [2.05, 4.69) is 17.4 Å². The lowest BCUT2D eigenvalue weighted by Crippen LogP contribution is -2.59. The fraction of sp³-hybridized carbons (Fsp3) is 0.632. The number of aliphatic carboxylic acids is 1. The Bertz CT molecular complexity index is 519. The molecule has 134 valence electrons. The standard InChI is InChI=1S/C19H29NO3S/c1-4-19(5-2,18(21)22)13-20-15-12-16(23-6-3)17(15)24-14-10-8-7-9-11-14/h7-11,15-17,20H,4-6,12-13H2,1-3H3,(H,21,22)/t15?,16-,17-/m1/s1. The van der Waals surface area contributed by atoms with Gasteiger partial charge in [0.2, 0.25) is 0 Å². The van der Waals surface area contributed by atoms with Crippen molar-refractivity contribution >= 4 is 17.7 Å². The van der Waals surface area contributed by atoms with Crippen molar-refractivity contribution in [1.29, 1.82) is 0 Å². The Kier molecular flexibility index (Phi) is 7.14. The molecule has 0 heterocycles. The van der Waals surface area contributed by atoms with Crippen molar-refractivity contribution in [1.82, 2.24) is 5.32 Å². The van der Waals surface area contributed by atoms with Gasteiger partial charge in [0.15, 0.2) is 0 Å². The van der Waals surface area contributed by atoms with Gasteiger partial charge in [-0.2, -0.15) is 0 Å². The van der Waals surface area contributed by atoms with Gasteiger partial charge >= 0.3 is 5.97 Å². The largest absolute Gasteiger partial charge is 0.481 e. The summed E-state index contributed by atoms with van der Waals surface area (Å²) in [6, 6.07) is 10.6. The van der Waals surface area contributed by atoms with Crippen LogP contribution in [-0.4, -0.2) is 41.6 Å². The van der Waals surface area contributed by atoms with Crippen LogP contribution >= 0.6 is 11.8 Å². The van der Waals surface area contributed by atoms with Crippen LogP contribution in [0.1, 0.15) is 40.0 Å². The van der Waals surface area contributed by atoms with Gasteiger partial charge in [0.05, 0.1) is 16.8 Å². The van der Waals surface area contributed by atoms with E-state index in [1.807, 2.05) is 50.7 Å². The van der Waals surface area contributed by atoms with Gasteiger partial charge in [-0.05, 0) is 38.3 Å². The highest BCUT2D eigenvalue weighted by atomic mass is 32.2. The smallest absolute Gasteiger partial charge is 0.310 e. The molecule has 0 bridgehead atoms. The number of rotatable bonds is 10. The average molecular weight is 352 g/mol. The van der Waals surface area contributed by atoms with E-state index in [0.29, 0.717) is 37.3 Å². The Morgan fingerprint density at radius 1 is 1.29 bits per heavy atom. The molecular formula is C19H29NO3S. The van der Waals surface area contributed by atoms with Gasteiger partial charge in [-0.3, -0.25) is 4.79 Å². The third kappa shape index (κ3) is 4.32. The molecule has 1 aliphatic carbocycles. The van der Waals surface area contributed by atoms with Crippen molar-refractivity contribution in [2.45, 2.75) is 62.3 Å². The van der Waals surface area contributed by atoms with Crippen LogP contribution in [-0.2, 0) is 9.53 Å². The summed E-state index contributed by atoms with van der Waals surface area (Å²) in [4.78, 5) is 12.9. The van der Waals surface area contributed by atoms with Crippen LogP contribution in [0.5, 0.6) is 0 Å². The van der Waals surface area contributed by atoms with Gasteiger partial charge in [-0.15, -0.1) is 11.8 Å². The third-order valence-electron chi connectivity index (χ3n) is 5.16. The summed E-state index contributed by atoms with van der Waals surface area (Å²) < 4.78 is 5.85. The van der Waals surface area contributed by atoms with Crippen LogP contribution in [0.4, 0.5) is 0 Å². The van der Waals surface area contributed by atoms with E-state index in [-0.39, 0.29) is 6.10 Å². The van der Waals surface area contributed by atoms with Gasteiger partial charge in [0.1, 0.15) is 0 Å². The second kappa shape index (κ2) is 8.88. The lowest BCUT2D eigenvalue weighted by Gasteiger charge is -2.45. The van der Waals surface area contributed by atoms with Crippen molar-refractivity contribution in [3.05, 3.63) is 30.3 Å². The number of hydrogen-bond donors (Lipinski definition) is 2. The van der Waals surface area contributed by atoms with E-state index < -0.39 is 11.4 Å². The number of thioether (sulfide) groups is 1. The molecule has 0 spiro atoms. The minimum atomic E-state index is -0.701. The topological polar surface area (TPSA) is 58.6 Å². The molecule has 2 rings (SSSR count). The SMILES string of the molecule is CCO[C@@H]1CC(NCC(CC)(CC)C(=O)O)[C@H]1Sc1ccccc1. The number of carbonyl (C=O) groups is 1. The highest BCUT2D eigenvalue weighted by molar-refractivity contribution is 8.00. The molecule has 1 aromatic carbocycles. The normalized spacial score (nSPS) is 23.7. The molecule has 1 fully saturated rings. The second-order valence-corrected chi connectivity index (χ2v) is 7.66. The fourth-order valence-corrected chi connectivity index (χ4v) is 4.52. The third-order valence-corrected chi connectivity index (χ3v) is 6.60. The molecule has 3 atom stereocenters. The number of ether oxygens (including phenoxy) is 1. The van der Waals surface area contributed by atoms with E-state index in [4.69, 9.17) is 4.74 Å². The second-order valence-electron chi connectivity index (χ2n) is 6.40. The van der Waals surface area contributed by atoms with Gasteiger partial charge in [0.25, 0.3) is 0 Å². The van der Waals surface area contributed by atoms with Crippen molar-refractivity contribution in [2.24, 2.45) is 5.41 Å². The summed E-state index contributed by atoms with van der Waals surface area (Å²) >= 11 is 1.83. The van der Waals surface area contributed by atoms with Crippen LogP contribution in [0.2, 0.25) is 0 Å². The maximum Gasteiger partial charge on any atom is 0.310 e. The number of carboxylic acids is 1. The molecule has 1 saturated carbocycles. The highest BCUT2D eigenvalue weighted by Gasteiger charge is 2.44. The predicted octanol–water partition coefficient (Wildman–Crippen LogP) is 3.81. The molecule has 0 saturated heterocycles. The van der Waals surface area contributed by atoms with Crippen molar-refractivity contribution in [3.63, 3.8) is 0 Å². The van der Waals surface area contributed by atoms with Crippen LogP contribution in [0, 0.1) is 5.41 Å². The van der Waals surface area contributed by atoms with Gasteiger partial charge in [0, 0.05) is 24.1 Å². The molecular weight excluding hydrogens is 322 g/mol. The summed E-state index contributed by atoms with van der Waals surface area (Å²) in [5.74, 6) is -0.701. The summed E-state index contributed by atoms with van der Waals surface area (Å²) in [6.45, 7) is 7.17. The Labute approximate surface area is 149 Å². The first-order chi connectivity index (χ1) is 11.6. The highest BCUT2D eigenvalue weighted by Crippen LogP contribution is 2.39. The molecule has 0 radical (unpaired) electrons. The van der Waals surface area contributed by atoms with Crippen LogP contribution in [0.15, 0.2) is 35.2 Å². The molecule has 5 heteroatoms. The molecule has 1 aromatic rings. The first-order valence-corrected chi connectivity index (χ1v) is 9.74. The first-order valence-electron chi connectivity index (χ1n) is 8.86. The number of nitrogens with one attached hydrogen (secondary N) is 1. The monoisotopic (exact) mass is 351 g/mol. The zero-order valence-corrected chi connectivity index (χ0v) is 15.6. The maximum absolute atomic E-state index is 11.7. The molecule has 4 nitrogen and oxygen atoms in total. The summed E-state index contributed by atoms with van der Waals surface area (Å²) in [7, 11) is 0. The number of carboxylic acid groups (broad SMARTS) is 1. The average Bonchev–Trinajstić information content (AvgIpc) is 2.59. The van der Waals surface area contributed by atoms with Gasteiger partial charge < -0.3 is 15.2 Å². The van der Waals surface area contributed by atoms with Crippen LogP contribution < -0.4 is 5.32 Å². The maximum atomic E-state index is 11.7. The molecule has 0 amide bonds. The number of hydrogen-bond acceptors (Lipinski definition) is 4. The minimum absolute atomic E-state index is 0.236. The summed E-state index contributed by atoms with van der Waals surface area (Å²) in [5.41, 5.74) is -0.668. The molecule has 24 heavy (non-hydrogen) atoms. The Morgan fingerprint density at radius 2 is 1.96 bits per heavy atom. The minimum Gasteiger partial charge on any atom is -0.481 e. The molecule has 0 aromatic heterocycles.